The topological polar surface area (TPSA) is 34.9 Å². The summed E-state index contributed by atoms with van der Waals surface area (Å²) in [5.41, 5.74) is 2.06. The molecule has 0 atom stereocenters. The smallest absolute Gasteiger partial charge is 0.161 e. The molecule has 1 aromatic heterocycles. The molecule has 0 bridgehead atoms. The molecule has 17 heavy (non-hydrogen) atoms. The molecular formula is C14H22N2O. The van der Waals surface area contributed by atoms with Crippen LogP contribution in [0.15, 0.2) is 23.9 Å². The van der Waals surface area contributed by atoms with Crippen LogP contribution < -0.4 is 0 Å². The maximum absolute atomic E-state index is 11.8. The highest BCUT2D eigenvalue weighted by atomic mass is 16.1. The van der Waals surface area contributed by atoms with E-state index < -0.39 is 0 Å². The van der Waals surface area contributed by atoms with Gasteiger partial charge in [-0.1, -0.05) is 19.4 Å². The van der Waals surface area contributed by atoms with E-state index in [9.17, 15) is 4.79 Å². The second-order valence-corrected chi connectivity index (χ2v) is 4.53. The van der Waals surface area contributed by atoms with Crippen LogP contribution in [0.1, 0.15) is 52.3 Å². The lowest BCUT2D eigenvalue weighted by Crippen LogP contribution is -2.05. The Morgan fingerprint density at radius 2 is 2.06 bits per heavy atom. The standard InChI is InChI=1S/C14H22N2O/c1-5-12(6-2)9-14(17)10-13-7-8-16(15-13)11(3)4/h7-9,11H,5-6,10H2,1-4H3. The highest BCUT2D eigenvalue weighted by molar-refractivity contribution is 5.91. The van der Waals surface area contributed by atoms with E-state index in [0.29, 0.717) is 12.5 Å². The summed E-state index contributed by atoms with van der Waals surface area (Å²) in [5, 5.41) is 4.38. The second kappa shape index (κ2) is 6.38. The van der Waals surface area contributed by atoms with Crippen LogP contribution in [-0.2, 0) is 11.2 Å². The predicted molar refractivity (Wildman–Crippen MR) is 70.0 cm³/mol. The van der Waals surface area contributed by atoms with Crippen LogP contribution in [0, 0.1) is 0 Å². The van der Waals surface area contributed by atoms with E-state index >= 15 is 0 Å². The van der Waals surface area contributed by atoms with Gasteiger partial charge in [0.2, 0.25) is 0 Å². The Hall–Kier alpha value is -1.38. The van der Waals surface area contributed by atoms with Crippen molar-refractivity contribution >= 4 is 5.78 Å². The number of aromatic nitrogens is 2. The van der Waals surface area contributed by atoms with Gasteiger partial charge in [-0.05, 0) is 38.8 Å². The molecule has 0 aliphatic rings. The average Bonchev–Trinajstić information content (AvgIpc) is 2.74. The number of rotatable bonds is 6. The molecule has 1 heterocycles. The first-order valence-electron chi connectivity index (χ1n) is 6.33. The zero-order chi connectivity index (χ0) is 12.8. The van der Waals surface area contributed by atoms with Crippen molar-refractivity contribution in [3.8, 4) is 0 Å². The zero-order valence-corrected chi connectivity index (χ0v) is 11.2. The highest BCUT2D eigenvalue weighted by Gasteiger charge is 2.06. The third-order valence-electron chi connectivity index (χ3n) is 2.82. The van der Waals surface area contributed by atoms with E-state index in [1.165, 1.54) is 5.57 Å². The lowest BCUT2D eigenvalue weighted by molar-refractivity contribution is -0.114. The maximum Gasteiger partial charge on any atom is 0.161 e. The van der Waals surface area contributed by atoms with E-state index in [1.54, 1.807) is 6.08 Å². The zero-order valence-electron chi connectivity index (χ0n) is 11.2. The summed E-state index contributed by atoms with van der Waals surface area (Å²) in [4.78, 5) is 11.8. The molecule has 0 saturated heterocycles. The van der Waals surface area contributed by atoms with Crippen LogP contribution in [0.3, 0.4) is 0 Å². The normalized spacial score (nSPS) is 10.6. The van der Waals surface area contributed by atoms with E-state index in [-0.39, 0.29) is 5.78 Å². The molecule has 94 valence electrons. The molecule has 0 amide bonds. The Morgan fingerprint density at radius 3 is 2.53 bits per heavy atom. The molecule has 1 rings (SSSR count). The number of nitrogens with zero attached hydrogens (tertiary/aromatic N) is 2. The second-order valence-electron chi connectivity index (χ2n) is 4.53. The molecule has 0 radical (unpaired) electrons. The van der Waals surface area contributed by atoms with Crippen molar-refractivity contribution in [2.75, 3.05) is 0 Å². The van der Waals surface area contributed by atoms with Gasteiger partial charge in [0.15, 0.2) is 5.78 Å². The third-order valence-corrected chi connectivity index (χ3v) is 2.82. The van der Waals surface area contributed by atoms with Crippen LogP contribution in [0.2, 0.25) is 0 Å². The number of allylic oxidation sites excluding steroid dienone is 2. The highest BCUT2D eigenvalue weighted by Crippen LogP contribution is 2.08. The molecule has 0 spiro atoms. The van der Waals surface area contributed by atoms with Gasteiger partial charge in [-0.25, -0.2) is 0 Å². The van der Waals surface area contributed by atoms with Gasteiger partial charge in [0.1, 0.15) is 0 Å². The van der Waals surface area contributed by atoms with Gasteiger partial charge in [-0.2, -0.15) is 5.10 Å². The van der Waals surface area contributed by atoms with E-state index in [0.717, 1.165) is 18.5 Å². The first kappa shape index (κ1) is 13.7. The van der Waals surface area contributed by atoms with Crippen LogP contribution in [0.25, 0.3) is 0 Å². The lowest BCUT2D eigenvalue weighted by Gasteiger charge is -2.03. The van der Waals surface area contributed by atoms with Crippen molar-refractivity contribution < 1.29 is 4.79 Å². The number of carbonyl (C=O) groups is 1. The van der Waals surface area contributed by atoms with Crippen LogP contribution in [-0.4, -0.2) is 15.6 Å². The van der Waals surface area contributed by atoms with Gasteiger partial charge >= 0.3 is 0 Å². The summed E-state index contributed by atoms with van der Waals surface area (Å²) in [5.74, 6) is 0.151. The van der Waals surface area contributed by atoms with Gasteiger partial charge in [0, 0.05) is 12.2 Å². The summed E-state index contributed by atoms with van der Waals surface area (Å²) in [7, 11) is 0. The van der Waals surface area contributed by atoms with Crippen LogP contribution in [0.5, 0.6) is 0 Å². The summed E-state index contributed by atoms with van der Waals surface area (Å²) in [6.07, 6.45) is 6.00. The minimum atomic E-state index is 0.151. The van der Waals surface area contributed by atoms with Crippen molar-refractivity contribution in [3.05, 3.63) is 29.6 Å². The van der Waals surface area contributed by atoms with E-state index in [2.05, 4.69) is 32.8 Å². The Morgan fingerprint density at radius 1 is 1.41 bits per heavy atom. The number of hydrogen-bond donors (Lipinski definition) is 0. The Balaban J connectivity index is 2.64. The van der Waals surface area contributed by atoms with Crippen molar-refractivity contribution in [2.45, 2.75) is 53.0 Å². The minimum Gasteiger partial charge on any atom is -0.294 e. The minimum absolute atomic E-state index is 0.151. The molecular weight excluding hydrogens is 212 g/mol. The fraction of sp³-hybridized carbons (Fsp3) is 0.571. The number of hydrogen-bond acceptors (Lipinski definition) is 2. The van der Waals surface area contributed by atoms with Gasteiger partial charge in [0.25, 0.3) is 0 Å². The summed E-state index contributed by atoms with van der Waals surface area (Å²) >= 11 is 0. The molecule has 3 heteroatoms. The third kappa shape index (κ3) is 4.17. The van der Waals surface area contributed by atoms with Crippen molar-refractivity contribution in [3.63, 3.8) is 0 Å². The van der Waals surface area contributed by atoms with Gasteiger partial charge in [-0.3, -0.25) is 9.48 Å². The molecule has 0 fully saturated rings. The molecule has 0 unspecified atom stereocenters. The molecule has 3 nitrogen and oxygen atoms in total. The maximum atomic E-state index is 11.8. The summed E-state index contributed by atoms with van der Waals surface area (Å²) in [6.45, 7) is 8.31. The summed E-state index contributed by atoms with van der Waals surface area (Å²) < 4.78 is 1.88. The van der Waals surface area contributed by atoms with Crippen LogP contribution in [0.4, 0.5) is 0 Å². The fourth-order valence-electron chi connectivity index (χ4n) is 1.67. The predicted octanol–water partition coefficient (Wildman–Crippen LogP) is 3.32. The molecule has 0 aliphatic carbocycles. The Labute approximate surface area is 104 Å². The molecule has 0 aromatic carbocycles. The number of carbonyl (C=O) groups excluding carboxylic acids is 1. The molecule has 0 aliphatic heterocycles. The van der Waals surface area contributed by atoms with Crippen molar-refractivity contribution in [2.24, 2.45) is 0 Å². The SMILES string of the molecule is CCC(=CC(=O)Cc1ccn(C(C)C)n1)CC. The first-order valence-corrected chi connectivity index (χ1v) is 6.33. The van der Waals surface area contributed by atoms with E-state index in [4.69, 9.17) is 0 Å². The molecule has 0 N–H and O–H groups in total. The van der Waals surface area contributed by atoms with Gasteiger partial charge in [-0.15, -0.1) is 0 Å². The quantitative estimate of drug-likeness (QED) is 0.708. The van der Waals surface area contributed by atoms with Gasteiger partial charge in [0.05, 0.1) is 12.1 Å². The molecule has 0 saturated carbocycles. The first-order chi connectivity index (χ1) is 8.06. The van der Waals surface area contributed by atoms with Crippen molar-refractivity contribution in [1.82, 2.24) is 9.78 Å². The Kier molecular flexibility index (Phi) is 5.13. The lowest BCUT2D eigenvalue weighted by atomic mass is 10.1. The monoisotopic (exact) mass is 234 g/mol. The summed E-state index contributed by atoms with van der Waals surface area (Å²) in [6, 6.07) is 2.26. The van der Waals surface area contributed by atoms with Crippen LogP contribution >= 0.6 is 0 Å². The van der Waals surface area contributed by atoms with Crippen molar-refractivity contribution in [1.29, 1.82) is 0 Å². The Bertz CT molecular complexity index is 396. The van der Waals surface area contributed by atoms with Gasteiger partial charge < -0.3 is 0 Å². The largest absolute Gasteiger partial charge is 0.294 e. The average molecular weight is 234 g/mol. The number of ketones is 1. The molecule has 1 aromatic rings. The van der Waals surface area contributed by atoms with E-state index in [1.807, 2.05) is 16.9 Å². The fourth-order valence-corrected chi connectivity index (χ4v) is 1.67.